The number of aliphatic hydroxyl groups is 1. The summed E-state index contributed by atoms with van der Waals surface area (Å²) < 4.78 is 0. The van der Waals surface area contributed by atoms with Crippen LogP contribution in [0.25, 0.3) is 0 Å². The van der Waals surface area contributed by atoms with Crippen LogP contribution < -0.4 is 16.0 Å². The van der Waals surface area contributed by atoms with Gasteiger partial charge in [-0.2, -0.15) is 10.2 Å². The topological polar surface area (TPSA) is 106 Å². The molecule has 0 saturated heterocycles. The van der Waals surface area contributed by atoms with Gasteiger partial charge in [0.15, 0.2) is 0 Å². The van der Waals surface area contributed by atoms with E-state index < -0.39 is 0 Å². The van der Waals surface area contributed by atoms with Crippen molar-refractivity contribution in [3.8, 4) is 6.07 Å². The van der Waals surface area contributed by atoms with Crippen molar-refractivity contribution >= 4 is 23.4 Å². The first-order valence-electron chi connectivity index (χ1n) is 14.4. The number of halogens is 1. The summed E-state index contributed by atoms with van der Waals surface area (Å²) in [5.74, 6) is 4.14. The minimum absolute atomic E-state index is 0.0783. The van der Waals surface area contributed by atoms with Crippen molar-refractivity contribution in [3.63, 3.8) is 0 Å². The summed E-state index contributed by atoms with van der Waals surface area (Å²) >= 11 is 6.29. The average molecular weight is 535 g/mol. The minimum Gasteiger partial charge on any atom is -0.393 e. The number of nitrogens with one attached hydrogen (secondary N) is 3. The SMILES string of the molecule is N#Cc1cnc(NCc2ccccc2Cl)nc1NC[C@]12CC3C[C@H](C1)[C@@H](NC[C@H]1CC[C@H](O)CC1)[C@@H](C3)C2. The van der Waals surface area contributed by atoms with Crippen molar-refractivity contribution in [2.24, 2.45) is 29.1 Å². The molecule has 7 rings (SSSR count). The predicted octanol–water partition coefficient (Wildman–Crippen LogP) is 5.36. The van der Waals surface area contributed by atoms with E-state index in [0.29, 0.717) is 40.9 Å². The molecule has 2 aromatic rings. The third-order valence-corrected chi connectivity index (χ3v) is 10.2. The Kier molecular flexibility index (Phi) is 7.48. The van der Waals surface area contributed by atoms with Crippen LogP contribution in [-0.4, -0.2) is 40.3 Å². The molecule has 1 aromatic heterocycles. The Hall–Kier alpha value is -2.40. The van der Waals surface area contributed by atoms with E-state index in [9.17, 15) is 10.4 Å². The number of anilines is 2. The lowest BCUT2D eigenvalue weighted by Crippen LogP contribution is -2.60. The van der Waals surface area contributed by atoms with Crippen molar-refractivity contribution < 1.29 is 5.11 Å². The van der Waals surface area contributed by atoms with Crippen LogP contribution in [0.1, 0.15) is 68.9 Å². The molecule has 4 N–H and O–H groups in total. The van der Waals surface area contributed by atoms with Crippen LogP contribution in [0.4, 0.5) is 11.8 Å². The molecule has 0 aliphatic heterocycles. The zero-order valence-corrected chi connectivity index (χ0v) is 22.8. The van der Waals surface area contributed by atoms with Crippen LogP contribution in [-0.2, 0) is 6.54 Å². The van der Waals surface area contributed by atoms with Crippen LogP contribution in [0.5, 0.6) is 0 Å². The highest BCUT2D eigenvalue weighted by atomic mass is 35.5. The van der Waals surface area contributed by atoms with Gasteiger partial charge >= 0.3 is 0 Å². The highest BCUT2D eigenvalue weighted by Crippen LogP contribution is 2.60. The molecule has 1 unspecified atom stereocenters. The highest BCUT2D eigenvalue weighted by molar-refractivity contribution is 6.31. The Balaban J connectivity index is 1.08. The molecule has 0 spiro atoms. The summed E-state index contributed by atoms with van der Waals surface area (Å²) in [6, 6.07) is 10.6. The lowest BCUT2D eigenvalue weighted by atomic mass is 9.48. The van der Waals surface area contributed by atoms with E-state index in [1.54, 1.807) is 6.20 Å². The lowest BCUT2D eigenvalue weighted by Gasteiger charge is -2.60. The lowest BCUT2D eigenvalue weighted by molar-refractivity contribution is -0.0704. The maximum Gasteiger partial charge on any atom is 0.224 e. The van der Waals surface area contributed by atoms with Crippen molar-refractivity contribution in [3.05, 3.63) is 46.6 Å². The molecule has 38 heavy (non-hydrogen) atoms. The Morgan fingerprint density at radius 3 is 2.55 bits per heavy atom. The Morgan fingerprint density at radius 2 is 1.82 bits per heavy atom. The van der Waals surface area contributed by atoms with Gasteiger partial charge < -0.3 is 21.1 Å². The summed E-state index contributed by atoms with van der Waals surface area (Å²) in [6.07, 6.45) is 12.3. The predicted molar refractivity (Wildman–Crippen MR) is 150 cm³/mol. The fourth-order valence-corrected chi connectivity index (χ4v) is 8.37. The average Bonchev–Trinajstić information content (AvgIpc) is 2.92. The number of rotatable bonds is 9. The second kappa shape index (κ2) is 11.0. The van der Waals surface area contributed by atoms with E-state index in [-0.39, 0.29) is 11.5 Å². The quantitative estimate of drug-likeness (QED) is 0.343. The molecule has 5 aliphatic carbocycles. The van der Waals surface area contributed by atoms with Gasteiger partial charge in [0.05, 0.1) is 12.3 Å². The number of nitrogens with zero attached hydrogens (tertiary/aromatic N) is 3. The maximum absolute atomic E-state index is 9.84. The third kappa shape index (κ3) is 5.50. The number of aliphatic hydroxyl groups excluding tert-OH is 1. The van der Waals surface area contributed by atoms with Crippen LogP contribution in [0.15, 0.2) is 30.5 Å². The van der Waals surface area contributed by atoms with E-state index in [0.717, 1.165) is 62.1 Å². The molecule has 5 fully saturated rings. The monoisotopic (exact) mass is 534 g/mol. The minimum atomic E-state index is -0.0783. The van der Waals surface area contributed by atoms with Crippen LogP contribution in [0.3, 0.4) is 0 Å². The zero-order valence-electron chi connectivity index (χ0n) is 22.0. The highest BCUT2D eigenvalue weighted by Gasteiger charge is 2.55. The summed E-state index contributed by atoms with van der Waals surface area (Å²) in [5, 5.41) is 31.1. The first-order valence-corrected chi connectivity index (χ1v) is 14.8. The molecule has 5 saturated carbocycles. The summed E-state index contributed by atoms with van der Waals surface area (Å²) in [6.45, 7) is 2.49. The molecule has 5 atom stereocenters. The molecule has 7 nitrogen and oxygen atoms in total. The number of hydrogen-bond donors (Lipinski definition) is 4. The van der Waals surface area contributed by atoms with Crippen molar-refractivity contribution in [2.45, 2.75) is 76.5 Å². The van der Waals surface area contributed by atoms with Gasteiger partial charge in [0.2, 0.25) is 5.95 Å². The van der Waals surface area contributed by atoms with E-state index in [1.807, 2.05) is 24.3 Å². The normalized spacial score (nSPS) is 33.6. The smallest absolute Gasteiger partial charge is 0.224 e. The van der Waals surface area contributed by atoms with Gasteiger partial charge in [-0.05, 0) is 105 Å². The van der Waals surface area contributed by atoms with E-state index in [2.05, 4.69) is 32.0 Å². The van der Waals surface area contributed by atoms with Crippen molar-refractivity contribution in [2.75, 3.05) is 23.7 Å². The second-order valence-electron chi connectivity index (χ2n) is 12.4. The number of aromatic nitrogens is 2. The van der Waals surface area contributed by atoms with Gasteiger partial charge in [-0.25, -0.2) is 4.98 Å². The number of nitriles is 1. The van der Waals surface area contributed by atoms with Crippen molar-refractivity contribution in [1.82, 2.24) is 15.3 Å². The van der Waals surface area contributed by atoms with Gasteiger partial charge in [0.25, 0.3) is 0 Å². The molecular formula is C30H39ClN6O. The molecule has 0 amide bonds. The molecule has 5 aliphatic rings. The molecule has 202 valence electrons. The molecule has 4 bridgehead atoms. The van der Waals surface area contributed by atoms with Gasteiger partial charge in [0.1, 0.15) is 17.5 Å². The van der Waals surface area contributed by atoms with Gasteiger partial charge in [-0.1, -0.05) is 29.8 Å². The standard InChI is InChI=1S/C30H39ClN6O/c31-26-4-2-1-3-21(26)16-34-29-35-17-24(14-32)28(37-29)36-18-30-11-20-9-22(12-30)27(23(10-20)13-30)33-15-19-5-7-25(38)8-6-19/h1-4,17,19-20,22-23,25,27,33,38H,5-13,15-16,18H2,(H2,34,35,36,37)/t19-,20?,22-,23+,25-,27-,30-. The molecular weight excluding hydrogens is 496 g/mol. The Bertz CT molecular complexity index is 1160. The van der Waals surface area contributed by atoms with Crippen molar-refractivity contribution in [1.29, 1.82) is 5.26 Å². The summed E-state index contributed by atoms with van der Waals surface area (Å²) in [4.78, 5) is 9.03. The molecule has 8 heteroatoms. The number of benzene rings is 1. The zero-order chi connectivity index (χ0) is 26.1. The van der Waals surface area contributed by atoms with Crippen LogP contribution >= 0.6 is 11.6 Å². The fourth-order valence-electron chi connectivity index (χ4n) is 8.17. The van der Waals surface area contributed by atoms with E-state index in [4.69, 9.17) is 11.6 Å². The second-order valence-corrected chi connectivity index (χ2v) is 12.9. The molecule has 0 radical (unpaired) electrons. The van der Waals surface area contributed by atoms with Crippen LogP contribution in [0, 0.1) is 40.4 Å². The Morgan fingerprint density at radius 1 is 1.05 bits per heavy atom. The molecule has 1 aromatic carbocycles. The fraction of sp³-hybridized carbons (Fsp3) is 0.633. The van der Waals surface area contributed by atoms with E-state index in [1.165, 1.54) is 32.1 Å². The Labute approximate surface area is 230 Å². The third-order valence-electron chi connectivity index (χ3n) is 9.79. The summed E-state index contributed by atoms with van der Waals surface area (Å²) in [7, 11) is 0. The summed E-state index contributed by atoms with van der Waals surface area (Å²) in [5.41, 5.74) is 1.75. The van der Waals surface area contributed by atoms with Gasteiger partial charge in [-0.3, -0.25) is 0 Å². The molecule has 1 heterocycles. The largest absolute Gasteiger partial charge is 0.393 e. The first kappa shape index (κ1) is 25.9. The number of hydrogen-bond acceptors (Lipinski definition) is 7. The van der Waals surface area contributed by atoms with Gasteiger partial charge in [0, 0.05) is 24.2 Å². The van der Waals surface area contributed by atoms with E-state index >= 15 is 0 Å². The first-order chi connectivity index (χ1) is 18.5. The van der Waals surface area contributed by atoms with Crippen LogP contribution in [0.2, 0.25) is 5.02 Å². The van der Waals surface area contributed by atoms with Gasteiger partial charge in [-0.15, -0.1) is 0 Å². The maximum atomic E-state index is 9.84.